The van der Waals surface area contributed by atoms with Gasteiger partial charge in [-0.25, -0.2) is 0 Å². The van der Waals surface area contributed by atoms with Crippen molar-refractivity contribution in [2.45, 2.75) is 58.2 Å². The molecular weight excluding hydrogens is 232 g/mol. The maximum absolute atomic E-state index is 3.82. The van der Waals surface area contributed by atoms with Crippen LogP contribution in [0.1, 0.15) is 42.4 Å². The minimum Gasteiger partial charge on any atom is -0.308 e. The van der Waals surface area contributed by atoms with E-state index >= 15 is 0 Å². The van der Waals surface area contributed by atoms with Gasteiger partial charge in [-0.15, -0.1) is 0 Å². The molecule has 2 saturated heterocycles. The van der Waals surface area contributed by atoms with Gasteiger partial charge in [0.05, 0.1) is 0 Å². The maximum Gasteiger partial charge on any atom is 0.0249 e. The Kier molecular flexibility index (Phi) is 3.90. The molecule has 1 N–H and O–H groups in total. The summed E-state index contributed by atoms with van der Waals surface area (Å²) in [5.41, 5.74) is 4.24. The van der Waals surface area contributed by atoms with Gasteiger partial charge in [-0.3, -0.25) is 4.90 Å². The number of aryl methyl sites for hydroxylation is 2. The summed E-state index contributed by atoms with van der Waals surface area (Å²) in [6, 6.07) is 8.32. The van der Waals surface area contributed by atoms with Gasteiger partial charge in [0.2, 0.25) is 0 Å². The Balaban J connectivity index is 1.60. The molecule has 3 rings (SSSR count). The number of rotatable bonds is 3. The molecule has 104 valence electrons. The number of nitrogens with one attached hydrogen (secondary N) is 1. The number of piperidine rings is 1. The fourth-order valence-corrected chi connectivity index (χ4v) is 3.77. The second kappa shape index (κ2) is 5.64. The van der Waals surface area contributed by atoms with Crippen molar-refractivity contribution in [2.75, 3.05) is 13.1 Å². The summed E-state index contributed by atoms with van der Waals surface area (Å²) < 4.78 is 0. The summed E-state index contributed by atoms with van der Waals surface area (Å²) in [5, 5.41) is 3.82. The Morgan fingerprint density at radius 2 is 2.05 bits per heavy atom. The second-order valence-corrected chi connectivity index (χ2v) is 6.31. The van der Waals surface area contributed by atoms with Crippen LogP contribution in [-0.4, -0.2) is 30.1 Å². The van der Waals surface area contributed by atoms with Crippen LogP contribution in [0.15, 0.2) is 18.2 Å². The van der Waals surface area contributed by atoms with Crippen molar-refractivity contribution in [1.82, 2.24) is 10.2 Å². The third-order valence-corrected chi connectivity index (χ3v) is 4.91. The molecule has 0 bridgehead atoms. The van der Waals surface area contributed by atoms with E-state index in [1.54, 1.807) is 0 Å². The maximum atomic E-state index is 3.82. The van der Waals surface area contributed by atoms with Crippen LogP contribution >= 0.6 is 0 Å². The van der Waals surface area contributed by atoms with Crippen LogP contribution < -0.4 is 5.32 Å². The quantitative estimate of drug-likeness (QED) is 0.896. The van der Waals surface area contributed by atoms with Crippen molar-refractivity contribution in [3.63, 3.8) is 0 Å². The summed E-state index contributed by atoms with van der Waals surface area (Å²) in [6.45, 7) is 8.05. The zero-order valence-electron chi connectivity index (χ0n) is 12.3. The average molecular weight is 258 g/mol. The molecule has 1 aromatic carbocycles. The first-order chi connectivity index (χ1) is 9.24. The molecule has 1 aromatic rings. The van der Waals surface area contributed by atoms with Gasteiger partial charge in [-0.1, -0.05) is 30.2 Å². The highest BCUT2D eigenvalue weighted by Crippen LogP contribution is 2.27. The highest BCUT2D eigenvalue weighted by Gasteiger charge is 2.34. The lowest BCUT2D eigenvalue weighted by Crippen LogP contribution is -2.44. The molecule has 0 saturated carbocycles. The van der Waals surface area contributed by atoms with Gasteiger partial charge in [0.15, 0.2) is 0 Å². The highest BCUT2D eigenvalue weighted by atomic mass is 15.2. The van der Waals surface area contributed by atoms with E-state index in [4.69, 9.17) is 0 Å². The lowest BCUT2D eigenvalue weighted by atomic mass is 9.98. The average Bonchev–Trinajstić information content (AvgIpc) is 2.81. The number of hydrogen-bond donors (Lipinski definition) is 1. The summed E-state index contributed by atoms with van der Waals surface area (Å²) >= 11 is 0. The molecule has 2 fully saturated rings. The number of fused-ring (bicyclic) bond motifs is 1. The van der Waals surface area contributed by atoms with Crippen molar-refractivity contribution in [3.8, 4) is 0 Å². The van der Waals surface area contributed by atoms with Gasteiger partial charge in [0.1, 0.15) is 0 Å². The van der Waals surface area contributed by atoms with Gasteiger partial charge >= 0.3 is 0 Å². The van der Waals surface area contributed by atoms with E-state index in [-0.39, 0.29) is 0 Å². The Morgan fingerprint density at radius 1 is 1.16 bits per heavy atom. The molecule has 19 heavy (non-hydrogen) atoms. The topological polar surface area (TPSA) is 15.3 Å². The van der Waals surface area contributed by atoms with Gasteiger partial charge in [0.25, 0.3) is 0 Å². The molecule has 2 heteroatoms. The van der Waals surface area contributed by atoms with Gasteiger partial charge in [0, 0.05) is 25.2 Å². The van der Waals surface area contributed by atoms with Crippen molar-refractivity contribution in [3.05, 3.63) is 34.9 Å². The van der Waals surface area contributed by atoms with Crippen LogP contribution in [0.4, 0.5) is 0 Å². The lowest BCUT2D eigenvalue weighted by Gasteiger charge is -2.32. The number of nitrogens with zero attached hydrogens (tertiary/aromatic N) is 1. The third kappa shape index (κ3) is 2.85. The summed E-state index contributed by atoms with van der Waals surface area (Å²) in [6.07, 6.45) is 5.54. The Morgan fingerprint density at radius 3 is 2.89 bits per heavy atom. The highest BCUT2D eigenvalue weighted by molar-refractivity contribution is 5.30. The van der Waals surface area contributed by atoms with E-state index in [0.29, 0.717) is 6.04 Å². The minimum atomic E-state index is 0.709. The Hall–Kier alpha value is -0.860. The van der Waals surface area contributed by atoms with E-state index in [1.165, 1.54) is 55.5 Å². The Bertz CT molecular complexity index is 441. The summed E-state index contributed by atoms with van der Waals surface area (Å²) in [7, 11) is 0. The first kappa shape index (κ1) is 13.1. The smallest absolute Gasteiger partial charge is 0.0249 e. The predicted molar refractivity (Wildman–Crippen MR) is 80.4 cm³/mol. The van der Waals surface area contributed by atoms with E-state index in [2.05, 4.69) is 42.3 Å². The van der Waals surface area contributed by atoms with Crippen molar-refractivity contribution in [1.29, 1.82) is 0 Å². The SMILES string of the molecule is Cc1ccc(CNC2CCN3CCCCC23)c(C)c1. The van der Waals surface area contributed by atoms with Crippen LogP contribution in [0, 0.1) is 13.8 Å². The molecule has 2 atom stereocenters. The first-order valence-electron chi connectivity index (χ1n) is 7.77. The molecule has 2 aliphatic rings. The van der Waals surface area contributed by atoms with Gasteiger partial charge in [-0.2, -0.15) is 0 Å². The molecule has 2 heterocycles. The van der Waals surface area contributed by atoms with E-state index in [9.17, 15) is 0 Å². The first-order valence-corrected chi connectivity index (χ1v) is 7.77. The van der Waals surface area contributed by atoms with Crippen LogP contribution in [0.5, 0.6) is 0 Å². The number of hydrogen-bond acceptors (Lipinski definition) is 2. The number of benzene rings is 1. The van der Waals surface area contributed by atoms with E-state index in [0.717, 1.165) is 12.6 Å². The van der Waals surface area contributed by atoms with Crippen LogP contribution in [0.25, 0.3) is 0 Å². The zero-order chi connectivity index (χ0) is 13.2. The van der Waals surface area contributed by atoms with Crippen LogP contribution in [0.3, 0.4) is 0 Å². The normalized spacial score (nSPS) is 27.5. The fourth-order valence-electron chi connectivity index (χ4n) is 3.77. The molecule has 2 aliphatic heterocycles. The predicted octanol–water partition coefficient (Wildman–Crippen LogP) is 3.02. The molecule has 2 unspecified atom stereocenters. The van der Waals surface area contributed by atoms with E-state index in [1.807, 2.05) is 0 Å². The van der Waals surface area contributed by atoms with Crippen molar-refractivity contribution in [2.24, 2.45) is 0 Å². The molecule has 0 aromatic heterocycles. The minimum absolute atomic E-state index is 0.709. The summed E-state index contributed by atoms with van der Waals surface area (Å²) in [5.74, 6) is 0. The standard InChI is InChI=1S/C17H26N2/c1-13-6-7-15(14(2)11-13)12-18-16-8-10-19-9-4-3-5-17(16)19/h6-7,11,16-18H,3-5,8-10,12H2,1-2H3. The summed E-state index contributed by atoms with van der Waals surface area (Å²) in [4.78, 5) is 2.70. The molecule has 0 radical (unpaired) electrons. The van der Waals surface area contributed by atoms with Crippen molar-refractivity contribution >= 4 is 0 Å². The zero-order valence-corrected chi connectivity index (χ0v) is 12.3. The van der Waals surface area contributed by atoms with Crippen LogP contribution in [0.2, 0.25) is 0 Å². The monoisotopic (exact) mass is 258 g/mol. The molecule has 2 nitrogen and oxygen atoms in total. The molecule has 0 amide bonds. The van der Waals surface area contributed by atoms with Crippen molar-refractivity contribution < 1.29 is 0 Å². The lowest BCUT2D eigenvalue weighted by molar-refractivity contribution is 0.180. The van der Waals surface area contributed by atoms with Gasteiger partial charge in [-0.05, 0) is 50.8 Å². The Labute approximate surface area is 117 Å². The largest absolute Gasteiger partial charge is 0.308 e. The second-order valence-electron chi connectivity index (χ2n) is 6.31. The van der Waals surface area contributed by atoms with Gasteiger partial charge < -0.3 is 5.32 Å². The van der Waals surface area contributed by atoms with E-state index < -0.39 is 0 Å². The van der Waals surface area contributed by atoms with Crippen LogP contribution in [-0.2, 0) is 6.54 Å². The molecular formula is C17H26N2. The molecule has 0 aliphatic carbocycles. The molecule has 0 spiro atoms. The fraction of sp³-hybridized carbons (Fsp3) is 0.647. The third-order valence-electron chi connectivity index (χ3n) is 4.91.